The van der Waals surface area contributed by atoms with Gasteiger partial charge < -0.3 is 9.64 Å². The maximum absolute atomic E-state index is 13.0. The molecule has 5 rings (SSSR count). The molecule has 2 aliphatic rings. The van der Waals surface area contributed by atoms with E-state index in [1.165, 1.54) is 29.5 Å². The topological polar surface area (TPSA) is 135 Å². The van der Waals surface area contributed by atoms with Gasteiger partial charge in [0.05, 0.1) is 38.2 Å². The molecule has 1 aromatic heterocycles. The molecule has 2 heterocycles. The van der Waals surface area contributed by atoms with Gasteiger partial charge in [0.25, 0.3) is 5.69 Å². The van der Waals surface area contributed by atoms with Crippen LogP contribution in [0.4, 0.5) is 18.9 Å². The van der Waals surface area contributed by atoms with E-state index in [0.717, 1.165) is 29.3 Å². The van der Waals surface area contributed by atoms with Crippen molar-refractivity contribution in [1.29, 1.82) is 0 Å². The first kappa shape index (κ1) is 31.3. The van der Waals surface area contributed by atoms with Gasteiger partial charge in [0.1, 0.15) is 11.6 Å². The number of hydrogen-bond acceptors (Lipinski definition) is 9. The SMILES string of the molecule is O=C(COC1CCC(NS(=O)(=O)c2ccc([N+](=O)[O-])cc2)CC1)N1CCN(Cc2nc3cc(C(F)(F)F)ccc3s2)CC1. The molecule has 1 aliphatic carbocycles. The zero-order valence-corrected chi connectivity index (χ0v) is 24.6. The predicted octanol–water partition coefficient (Wildman–Crippen LogP) is 4.17. The molecule has 2 aromatic carbocycles. The summed E-state index contributed by atoms with van der Waals surface area (Å²) >= 11 is 1.36. The summed E-state index contributed by atoms with van der Waals surface area (Å²) in [4.78, 5) is 31.2. The Morgan fingerprint density at radius 3 is 2.37 bits per heavy atom. The minimum absolute atomic E-state index is 0.0400. The number of benzene rings is 2. The van der Waals surface area contributed by atoms with Crippen LogP contribution in [0.5, 0.6) is 0 Å². The second kappa shape index (κ2) is 12.8. The molecule has 1 saturated heterocycles. The third-order valence-corrected chi connectivity index (χ3v) is 10.2. The highest BCUT2D eigenvalue weighted by Crippen LogP contribution is 2.33. The Balaban J connectivity index is 1.02. The molecule has 3 aromatic rings. The molecule has 0 bridgehead atoms. The number of carbonyl (C=O) groups excluding carboxylic acids is 1. The Morgan fingerprint density at radius 1 is 1.07 bits per heavy atom. The van der Waals surface area contributed by atoms with Gasteiger partial charge in [-0.25, -0.2) is 18.1 Å². The monoisotopic (exact) mass is 641 g/mol. The maximum Gasteiger partial charge on any atom is 0.416 e. The first-order valence-corrected chi connectivity index (χ1v) is 16.0. The second-order valence-corrected chi connectivity index (χ2v) is 13.4. The number of ether oxygens (including phenoxy) is 1. The van der Waals surface area contributed by atoms with E-state index in [2.05, 4.69) is 14.6 Å². The van der Waals surface area contributed by atoms with Crippen LogP contribution in [0.3, 0.4) is 0 Å². The Bertz CT molecular complexity index is 1570. The fourth-order valence-corrected chi connectivity index (χ4v) is 7.52. The van der Waals surface area contributed by atoms with Gasteiger partial charge >= 0.3 is 6.18 Å². The largest absolute Gasteiger partial charge is 0.416 e. The lowest BCUT2D eigenvalue weighted by atomic mass is 9.94. The molecule has 1 saturated carbocycles. The van der Waals surface area contributed by atoms with Crippen LogP contribution in [0.2, 0.25) is 0 Å². The Morgan fingerprint density at radius 2 is 1.74 bits per heavy atom. The smallest absolute Gasteiger partial charge is 0.368 e. The van der Waals surface area contributed by atoms with Crippen LogP contribution in [0.15, 0.2) is 47.4 Å². The molecule has 1 N–H and O–H groups in total. The van der Waals surface area contributed by atoms with Crippen molar-refractivity contribution in [3.8, 4) is 0 Å². The number of nitrogens with zero attached hydrogens (tertiary/aromatic N) is 4. The molecule has 1 aliphatic heterocycles. The molecule has 0 atom stereocenters. The summed E-state index contributed by atoms with van der Waals surface area (Å²) in [5.41, 5.74) is -0.577. The number of nitrogens with one attached hydrogen (secondary N) is 1. The van der Waals surface area contributed by atoms with Crippen molar-refractivity contribution in [3.05, 3.63) is 63.1 Å². The predicted molar refractivity (Wildman–Crippen MR) is 152 cm³/mol. The van der Waals surface area contributed by atoms with Gasteiger partial charge in [-0.1, -0.05) is 0 Å². The number of nitro groups is 1. The number of fused-ring (bicyclic) bond motifs is 1. The van der Waals surface area contributed by atoms with Crippen LogP contribution < -0.4 is 4.72 Å². The van der Waals surface area contributed by atoms with Gasteiger partial charge in [0.2, 0.25) is 15.9 Å². The molecule has 232 valence electrons. The number of carbonyl (C=O) groups is 1. The van der Waals surface area contributed by atoms with Gasteiger partial charge in [-0.05, 0) is 56.0 Å². The van der Waals surface area contributed by atoms with Gasteiger partial charge in [-0.2, -0.15) is 13.2 Å². The number of amides is 1. The Labute approximate surface area is 249 Å². The summed E-state index contributed by atoms with van der Waals surface area (Å²) in [5.74, 6) is -0.125. The molecular formula is C27H30F3N5O6S2. The number of non-ortho nitro benzene ring substituents is 1. The van der Waals surface area contributed by atoms with Crippen LogP contribution >= 0.6 is 11.3 Å². The highest BCUT2D eigenvalue weighted by Gasteiger charge is 2.31. The van der Waals surface area contributed by atoms with Gasteiger partial charge in [0, 0.05) is 44.4 Å². The summed E-state index contributed by atoms with van der Waals surface area (Å²) in [5, 5.41) is 11.5. The molecule has 1 amide bonds. The minimum Gasteiger partial charge on any atom is -0.368 e. The number of halogens is 3. The summed E-state index contributed by atoms with van der Waals surface area (Å²) < 4.78 is 73.5. The van der Waals surface area contributed by atoms with Crippen molar-refractivity contribution >= 4 is 43.2 Å². The molecule has 43 heavy (non-hydrogen) atoms. The highest BCUT2D eigenvalue weighted by atomic mass is 32.2. The van der Waals surface area contributed by atoms with Gasteiger partial charge in [-0.15, -0.1) is 11.3 Å². The second-order valence-electron chi connectivity index (χ2n) is 10.6. The number of alkyl halides is 3. The van der Waals surface area contributed by atoms with Crippen LogP contribution in [0.1, 0.15) is 36.3 Å². The van der Waals surface area contributed by atoms with E-state index in [1.807, 2.05) is 0 Å². The maximum atomic E-state index is 13.0. The zero-order valence-electron chi connectivity index (χ0n) is 23.0. The zero-order chi connectivity index (χ0) is 30.8. The molecular weight excluding hydrogens is 611 g/mol. The lowest BCUT2D eigenvalue weighted by molar-refractivity contribution is -0.384. The third kappa shape index (κ3) is 7.86. The van der Waals surface area contributed by atoms with Crippen molar-refractivity contribution < 1.29 is 36.0 Å². The van der Waals surface area contributed by atoms with E-state index < -0.39 is 26.7 Å². The summed E-state index contributed by atoms with van der Waals surface area (Å²) in [7, 11) is -3.82. The van der Waals surface area contributed by atoms with Crippen LogP contribution in [-0.4, -0.2) is 79.0 Å². The molecule has 0 unspecified atom stereocenters. The van der Waals surface area contributed by atoms with Crippen LogP contribution in [0, 0.1) is 10.1 Å². The first-order valence-electron chi connectivity index (χ1n) is 13.7. The Hall–Kier alpha value is -3.18. The molecule has 2 fully saturated rings. The van der Waals surface area contributed by atoms with E-state index in [4.69, 9.17) is 4.74 Å². The van der Waals surface area contributed by atoms with E-state index in [-0.39, 0.29) is 35.2 Å². The fraction of sp³-hybridized carbons (Fsp3) is 0.481. The van der Waals surface area contributed by atoms with Crippen LogP contribution in [0.25, 0.3) is 10.2 Å². The lowest BCUT2D eigenvalue weighted by Gasteiger charge is -2.35. The first-order chi connectivity index (χ1) is 20.4. The standard InChI is InChI=1S/C27H30F3N5O6S2/c28-27(29,30)18-1-10-24-23(15-18)31-25(42-24)16-33-11-13-34(14-12-33)26(36)17-41-21-6-2-19(3-7-21)32-43(39,40)22-8-4-20(5-9-22)35(37)38/h1,4-5,8-10,15,19,21,32H,2-3,6-7,11-14,16-17H2. The van der Waals surface area contributed by atoms with Crippen molar-refractivity contribution in [1.82, 2.24) is 19.5 Å². The van der Waals surface area contributed by atoms with Gasteiger partial charge in [0.15, 0.2) is 0 Å². The average molecular weight is 642 g/mol. The average Bonchev–Trinajstić information content (AvgIpc) is 3.38. The van der Waals surface area contributed by atoms with E-state index >= 15 is 0 Å². The Kier molecular flexibility index (Phi) is 9.31. The number of aromatic nitrogens is 1. The van der Waals surface area contributed by atoms with E-state index in [0.29, 0.717) is 68.6 Å². The van der Waals surface area contributed by atoms with Crippen molar-refractivity contribution in [2.24, 2.45) is 0 Å². The summed E-state index contributed by atoms with van der Waals surface area (Å²) in [6.07, 6.45) is -2.34. The molecule has 16 heteroatoms. The number of sulfonamides is 1. The lowest BCUT2D eigenvalue weighted by Crippen LogP contribution is -2.49. The van der Waals surface area contributed by atoms with Crippen molar-refractivity contribution in [3.63, 3.8) is 0 Å². The fourth-order valence-electron chi connectivity index (χ4n) is 5.23. The third-order valence-electron chi connectivity index (χ3n) is 7.64. The number of piperazine rings is 1. The molecule has 0 spiro atoms. The van der Waals surface area contributed by atoms with Crippen LogP contribution in [-0.2, 0) is 32.3 Å². The highest BCUT2D eigenvalue weighted by molar-refractivity contribution is 7.89. The van der Waals surface area contributed by atoms with Crippen molar-refractivity contribution in [2.75, 3.05) is 32.8 Å². The normalized spacial score (nSPS) is 20.4. The quantitative estimate of drug-likeness (QED) is 0.272. The number of thiazole rings is 1. The molecule has 11 nitrogen and oxygen atoms in total. The minimum atomic E-state index is -4.41. The number of rotatable bonds is 9. The number of hydrogen-bond donors (Lipinski definition) is 1. The number of nitro benzene ring substituents is 1. The summed E-state index contributed by atoms with van der Waals surface area (Å²) in [6.45, 7) is 2.65. The van der Waals surface area contributed by atoms with E-state index in [1.54, 1.807) is 4.90 Å². The molecule has 0 radical (unpaired) electrons. The van der Waals surface area contributed by atoms with Gasteiger partial charge in [-0.3, -0.25) is 19.8 Å². The van der Waals surface area contributed by atoms with Crippen molar-refractivity contribution in [2.45, 2.75) is 55.4 Å². The summed E-state index contributed by atoms with van der Waals surface area (Å²) in [6, 6.07) is 7.99. The van der Waals surface area contributed by atoms with E-state index in [9.17, 15) is 36.5 Å².